The van der Waals surface area contributed by atoms with Gasteiger partial charge in [0.05, 0.1) is 12.9 Å². The summed E-state index contributed by atoms with van der Waals surface area (Å²) >= 11 is 0. The molecule has 1 aromatic heterocycles. The van der Waals surface area contributed by atoms with Crippen molar-refractivity contribution in [2.45, 2.75) is 39.0 Å². The summed E-state index contributed by atoms with van der Waals surface area (Å²) in [5.41, 5.74) is 11.1. The fourth-order valence-corrected chi connectivity index (χ4v) is 4.41. The SMILES string of the molecule is CCOC(=O)C(NC(=O)C1CC1)c1ccccc1OCc1cc(-c2cccc(CN)c2)c2occc2c1. The number of nitrogens with one attached hydrogen (secondary N) is 1. The first kappa shape index (κ1) is 24.6. The van der Waals surface area contributed by atoms with Gasteiger partial charge in [0.1, 0.15) is 17.9 Å². The summed E-state index contributed by atoms with van der Waals surface area (Å²) in [6.07, 6.45) is 3.35. The van der Waals surface area contributed by atoms with Crippen molar-refractivity contribution in [3.63, 3.8) is 0 Å². The van der Waals surface area contributed by atoms with E-state index in [0.717, 1.165) is 46.1 Å². The van der Waals surface area contributed by atoms with Gasteiger partial charge in [-0.15, -0.1) is 0 Å². The van der Waals surface area contributed by atoms with Gasteiger partial charge in [0.15, 0.2) is 6.04 Å². The van der Waals surface area contributed by atoms with Gasteiger partial charge < -0.3 is 24.9 Å². The Kier molecular flexibility index (Phi) is 7.23. The highest BCUT2D eigenvalue weighted by atomic mass is 16.5. The van der Waals surface area contributed by atoms with Crippen LogP contribution in [0.15, 0.2) is 77.4 Å². The van der Waals surface area contributed by atoms with Crippen LogP contribution in [0.1, 0.15) is 42.5 Å². The number of para-hydroxylation sites is 1. The van der Waals surface area contributed by atoms with E-state index in [2.05, 4.69) is 11.4 Å². The average molecular weight is 499 g/mol. The van der Waals surface area contributed by atoms with E-state index in [1.807, 2.05) is 48.5 Å². The Hall–Kier alpha value is -4.10. The maximum atomic E-state index is 12.8. The highest BCUT2D eigenvalue weighted by molar-refractivity contribution is 5.93. The fourth-order valence-electron chi connectivity index (χ4n) is 4.41. The summed E-state index contributed by atoms with van der Waals surface area (Å²) in [5.74, 6) is -0.171. The second-order valence-electron chi connectivity index (χ2n) is 9.18. The predicted octanol–water partition coefficient (Wildman–Crippen LogP) is 5.27. The van der Waals surface area contributed by atoms with E-state index in [4.69, 9.17) is 19.6 Å². The standard InChI is InChI=1S/C30H30N2O5/c1-2-35-30(34)27(32-29(33)21-10-11-21)24-8-3-4-9-26(24)37-18-20-15-23-12-13-36-28(23)25(16-20)22-7-5-6-19(14-22)17-31/h3-9,12-16,21,27H,2,10-11,17-18,31H2,1H3,(H,32,33). The van der Waals surface area contributed by atoms with Crippen molar-refractivity contribution < 1.29 is 23.5 Å². The molecule has 3 aromatic carbocycles. The maximum absolute atomic E-state index is 12.8. The molecule has 5 rings (SSSR count). The van der Waals surface area contributed by atoms with E-state index in [0.29, 0.717) is 17.9 Å². The van der Waals surface area contributed by atoms with Gasteiger partial charge in [0.2, 0.25) is 5.91 Å². The molecular weight excluding hydrogens is 468 g/mol. The van der Waals surface area contributed by atoms with E-state index in [1.54, 1.807) is 25.3 Å². The minimum absolute atomic E-state index is 0.0390. The summed E-state index contributed by atoms with van der Waals surface area (Å²) in [7, 11) is 0. The molecule has 1 heterocycles. The highest BCUT2D eigenvalue weighted by Crippen LogP contribution is 2.34. The van der Waals surface area contributed by atoms with Gasteiger partial charge >= 0.3 is 5.97 Å². The molecule has 1 unspecified atom stereocenters. The molecule has 37 heavy (non-hydrogen) atoms. The van der Waals surface area contributed by atoms with Gasteiger partial charge in [-0.25, -0.2) is 4.79 Å². The second kappa shape index (κ2) is 10.9. The Bertz CT molecular complexity index is 1420. The second-order valence-corrected chi connectivity index (χ2v) is 9.18. The van der Waals surface area contributed by atoms with Crippen LogP contribution in [0.3, 0.4) is 0 Å². The third-order valence-electron chi connectivity index (χ3n) is 6.47. The van der Waals surface area contributed by atoms with Crippen molar-refractivity contribution in [1.82, 2.24) is 5.32 Å². The van der Waals surface area contributed by atoms with E-state index in [-0.39, 0.29) is 25.0 Å². The molecule has 0 aliphatic heterocycles. The average Bonchev–Trinajstić information content (AvgIpc) is 3.67. The smallest absolute Gasteiger partial charge is 0.333 e. The summed E-state index contributed by atoms with van der Waals surface area (Å²) in [6.45, 7) is 2.67. The van der Waals surface area contributed by atoms with Crippen LogP contribution in [-0.4, -0.2) is 18.5 Å². The Morgan fingerprint density at radius 1 is 1.05 bits per heavy atom. The van der Waals surface area contributed by atoms with Crippen molar-refractivity contribution in [2.24, 2.45) is 11.7 Å². The number of ether oxygens (including phenoxy) is 2. The molecule has 7 nitrogen and oxygen atoms in total. The molecular formula is C30H30N2O5. The topological polar surface area (TPSA) is 104 Å². The van der Waals surface area contributed by atoms with E-state index in [1.165, 1.54) is 0 Å². The Labute approximate surface area is 215 Å². The molecule has 190 valence electrons. The van der Waals surface area contributed by atoms with Gasteiger partial charge in [-0.2, -0.15) is 0 Å². The molecule has 1 saturated carbocycles. The van der Waals surface area contributed by atoms with Crippen molar-refractivity contribution in [1.29, 1.82) is 0 Å². The minimum Gasteiger partial charge on any atom is -0.489 e. The van der Waals surface area contributed by atoms with Crippen LogP contribution >= 0.6 is 0 Å². The third-order valence-corrected chi connectivity index (χ3v) is 6.47. The normalized spacial score (nSPS) is 13.8. The van der Waals surface area contributed by atoms with Crippen molar-refractivity contribution in [3.8, 4) is 16.9 Å². The molecule has 3 N–H and O–H groups in total. The lowest BCUT2D eigenvalue weighted by atomic mass is 9.99. The molecule has 0 saturated heterocycles. The molecule has 0 spiro atoms. The van der Waals surface area contributed by atoms with Gasteiger partial charge in [0.25, 0.3) is 0 Å². The summed E-state index contributed by atoms with van der Waals surface area (Å²) in [6, 6.07) is 20.4. The Balaban J connectivity index is 1.43. The number of esters is 1. The summed E-state index contributed by atoms with van der Waals surface area (Å²) in [5, 5.41) is 3.83. The zero-order valence-corrected chi connectivity index (χ0v) is 20.7. The molecule has 1 atom stereocenters. The monoisotopic (exact) mass is 498 g/mol. The van der Waals surface area contributed by atoms with Crippen LogP contribution < -0.4 is 15.8 Å². The van der Waals surface area contributed by atoms with Crippen LogP contribution in [0.25, 0.3) is 22.1 Å². The van der Waals surface area contributed by atoms with Gasteiger partial charge in [-0.05, 0) is 66.8 Å². The van der Waals surface area contributed by atoms with Crippen LogP contribution in [0, 0.1) is 5.92 Å². The van der Waals surface area contributed by atoms with Gasteiger partial charge in [0, 0.05) is 29.0 Å². The zero-order valence-electron chi connectivity index (χ0n) is 20.7. The highest BCUT2D eigenvalue weighted by Gasteiger charge is 2.34. The van der Waals surface area contributed by atoms with Gasteiger partial charge in [-0.1, -0.05) is 36.4 Å². The lowest BCUT2D eigenvalue weighted by Gasteiger charge is -2.21. The van der Waals surface area contributed by atoms with Crippen molar-refractivity contribution >= 4 is 22.8 Å². The van der Waals surface area contributed by atoms with E-state index >= 15 is 0 Å². The third kappa shape index (κ3) is 5.52. The number of carbonyl (C=O) groups is 2. The lowest BCUT2D eigenvalue weighted by Crippen LogP contribution is -2.36. The van der Waals surface area contributed by atoms with Crippen molar-refractivity contribution in [2.75, 3.05) is 6.61 Å². The Morgan fingerprint density at radius 3 is 2.68 bits per heavy atom. The predicted molar refractivity (Wildman–Crippen MR) is 141 cm³/mol. The number of nitrogens with two attached hydrogens (primary N) is 1. The van der Waals surface area contributed by atoms with Gasteiger partial charge in [-0.3, -0.25) is 4.79 Å². The number of furan rings is 1. The number of fused-ring (bicyclic) bond motifs is 1. The molecule has 4 aromatic rings. The first-order valence-electron chi connectivity index (χ1n) is 12.6. The van der Waals surface area contributed by atoms with Crippen LogP contribution in [-0.2, 0) is 27.5 Å². The summed E-state index contributed by atoms with van der Waals surface area (Å²) < 4.78 is 17.3. The summed E-state index contributed by atoms with van der Waals surface area (Å²) in [4.78, 5) is 25.3. The van der Waals surface area contributed by atoms with E-state index < -0.39 is 12.0 Å². The number of amides is 1. The van der Waals surface area contributed by atoms with Crippen molar-refractivity contribution in [3.05, 3.63) is 89.7 Å². The van der Waals surface area contributed by atoms with Crippen LogP contribution in [0.4, 0.5) is 0 Å². The Morgan fingerprint density at radius 2 is 1.89 bits per heavy atom. The molecule has 1 fully saturated rings. The number of carbonyl (C=O) groups excluding carboxylic acids is 2. The number of rotatable bonds is 10. The lowest BCUT2D eigenvalue weighted by molar-refractivity contribution is -0.147. The quantitative estimate of drug-likeness (QED) is 0.289. The van der Waals surface area contributed by atoms with Crippen LogP contribution in [0.2, 0.25) is 0 Å². The zero-order chi connectivity index (χ0) is 25.8. The van der Waals surface area contributed by atoms with Crippen LogP contribution in [0.5, 0.6) is 5.75 Å². The molecule has 7 heteroatoms. The molecule has 1 aliphatic carbocycles. The molecule has 0 bridgehead atoms. The molecule has 0 radical (unpaired) electrons. The van der Waals surface area contributed by atoms with E-state index in [9.17, 15) is 9.59 Å². The molecule has 1 amide bonds. The minimum atomic E-state index is -0.935. The number of benzene rings is 3. The largest absolute Gasteiger partial charge is 0.489 e. The first-order chi connectivity index (χ1) is 18.1. The number of hydrogen-bond donors (Lipinski definition) is 2. The first-order valence-corrected chi connectivity index (χ1v) is 12.6. The molecule has 1 aliphatic rings. The number of hydrogen-bond acceptors (Lipinski definition) is 6. The maximum Gasteiger partial charge on any atom is 0.333 e. The fraction of sp³-hybridized carbons (Fsp3) is 0.267.